The molecule has 0 radical (unpaired) electrons. The lowest BCUT2D eigenvalue weighted by molar-refractivity contribution is -0.143. The zero-order chi connectivity index (χ0) is 20.1. The summed E-state index contributed by atoms with van der Waals surface area (Å²) in [6.45, 7) is 3.58. The SMILES string of the molecule is O=C(C1CC1)N1CCc2[nH]cnc2C12CCN(Cc1ccc3ccccc3n1)CC2. The number of benzene rings is 1. The van der Waals surface area contributed by atoms with E-state index in [0.717, 1.165) is 75.2 Å². The quantitative estimate of drug-likeness (QED) is 0.732. The second-order valence-electron chi connectivity index (χ2n) is 9.05. The van der Waals surface area contributed by atoms with E-state index in [-0.39, 0.29) is 11.5 Å². The molecular formula is C24H27N5O. The molecule has 1 N–H and O–H groups in total. The fraction of sp³-hybridized carbons (Fsp3) is 0.458. The number of hydrogen-bond donors (Lipinski definition) is 1. The highest BCUT2D eigenvalue weighted by Gasteiger charge is 2.50. The summed E-state index contributed by atoms with van der Waals surface area (Å²) in [6.07, 6.45) is 6.69. The third-order valence-electron chi connectivity index (χ3n) is 7.18. The number of nitrogens with one attached hydrogen (secondary N) is 1. The first-order chi connectivity index (χ1) is 14.7. The van der Waals surface area contributed by atoms with Crippen molar-refractivity contribution in [2.24, 2.45) is 5.92 Å². The van der Waals surface area contributed by atoms with Gasteiger partial charge in [0.25, 0.3) is 0 Å². The zero-order valence-electron chi connectivity index (χ0n) is 17.2. The van der Waals surface area contributed by atoms with Crippen molar-refractivity contribution < 1.29 is 4.79 Å². The number of rotatable bonds is 3. The fourth-order valence-electron chi connectivity index (χ4n) is 5.36. The molecule has 1 amide bonds. The molecule has 0 atom stereocenters. The summed E-state index contributed by atoms with van der Waals surface area (Å²) in [5, 5.41) is 1.18. The van der Waals surface area contributed by atoms with Crippen molar-refractivity contribution in [2.75, 3.05) is 19.6 Å². The average molecular weight is 402 g/mol. The summed E-state index contributed by atoms with van der Waals surface area (Å²) in [4.78, 5) is 30.7. The van der Waals surface area contributed by atoms with E-state index in [1.54, 1.807) is 0 Å². The number of carbonyl (C=O) groups excluding carboxylic acids is 1. The van der Waals surface area contributed by atoms with Gasteiger partial charge in [0.15, 0.2) is 0 Å². The molecule has 6 rings (SSSR count). The van der Waals surface area contributed by atoms with Gasteiger partial charge >= 0.3 is 0 Å². The molecule has 2 aromatic heterocycles. The highest BCUT2D eigenvalue weighted by atomic mass is 16.2. The van der Waals surface area contributed by atoms with Crippen LogP contribution in [0.4, 0.5) is 0 Å². The number of imidazole rings is 1. The van der Waals surface area contributed by atoms with Gasteiger partial charge < -0.3 is 9.88 Å². The van der Waals surface area contributed by atoms with E-state index >= 15 is 0 Å². The van der Waals surface area contributed by atoms with Gasteiger partial charge in [0.1, 0.15) is 0 Å². The number of nitrogens with zero attached hydrogens (tertiary/aromatic N) is 4. The van der Waals surface area contributed by atoms with Crippen molar-refractivity contribution in [3.05, 3.63) is 59.8 Å². The Balaban J connectivity index is 1.23. The van der Waals surface area contributed by atoms with Crippen molar-refractivity contribution in [3.8, 4) is 0 Å². The topological polar surface area (TPSA) is 65.1 Å². The number of piperidine rings is 1. The van der Waals surface area contributed by atoms with Crippen molar-refractivity contribution in [3.63, 3.8) is 0 Å². The minimum atomic E-state index is -0.236. The molecule has 0 unspecified atom stereocenters. The van der Waals surface area contributed by atoms with Gasteiger partial charge in [0, 0.05) is 49.6 Å². The van der Waals surface area contributed by atoms with Crippen LogP contribution in [0.5, 0.6) is 0 Å². The van der Waals surface area contributed by atoms with E-state index in [1.165, 1.54) is 11.1 Å². The van der Waals surface area contributed by atoms with E-state index in [2.05, 4.69) is 45.1 Å². The summed E-state index contributed by atoms with van der Waals surface area (Å²) in [6, 6.07) is 12.6. The number of aromatic amines is 1. The van der Waals surface area contributed by atoms with Gasteiger partial charge in [-0.2, -0.15) is 0 Å². The molecule has 1 spiro atoms. The van der Waals surface area contributed by atoms with E-state index in [1.807, 2.05) is 12.4 Å². The van der Waals surface area contributed by atoms with Crippen molar-refractivity contribution >= 4 is 16.8 Å². The summed E-state index contributed by atoms with van der Waals surface area (Å²) in [5.74, 6) is 0.607. The van der Waals surface area contributed by atoms with Gasteiger partial charge in [-0.3, -0.25) is 14.7 Å². The number of hydrogen-bond acceptors (Lipinski definition) is 4. The first-order valence-corrected chi connectivity index (χ1v) is 11.1. The number of H-pyrrole nitrogens is 1. The molecule has 30 heavy (non-hydrogen) atoms. The third kappa shape index (κ3) is 2.93. The molecule has 3 aromatic rings. The number of para-hydroxylation sites is 1. The van der Waals surface area contributed by atoms with Gasteiger partial charge in [-0.25, -0.2) is 4.98 Å². The molecule has 2 fully saturated rings. The molecule has 0 bridgehead atoms. The van der Waals surface area contributed by atoms with Crippen LogP contribution >= 0.6 is 0 Å². The maximum atomic E-state index is 13.1. The summed E-state index contributed by atoms with van der Waals surface area (Å²) >= 11 is 0. The van der Waals surface area contributed by atoms with Crippen LogP contribution in [0.2, 0.25) is 0 Å². The molecule has 2 aliphatic heterocycles. The van der Waals surface area contributed by atoms with Crippen molar-refractivity contribution in [1.82, 2.24) is 24.8 Å². The first-order valence-electron chi connectivity index (χ1n) is 11.1. The Morgan fingerprint density at radius 1 is 1.10 bits per heavy atom. The summed E-state index contributed by atoms with van der Waals surface area (Å²) in [5.41, 5.74) is 4.27. The second-order valence-corrected chi connectivity index (χ2v) is 9.05. The van der Waals surface area contributed by atoms with Crippen LogP contribution in [0, 0.1) is 5.92 Å². The first kappa shape index (κ1) is 18.1. The van der Waals surface area contributed by atoms with E-state index in [0.29, 0.717) is 5.91 Å². The maximum Gasteiger partial charge on any atom is 0.226 e. The average Bonchev–Trinajstić information content (AvgIpc) is 3.52. The number of likely N-dealkylation sites (tertiary alicyclic amines) is 1. The van der Waals surface area contributed by atoms with E-state index in [4.69, 9.17) is 9.97 Å². The summed E-state index contributed by atoms with van der Waals surface area (Å²) in [7, 11) is 0. The van der Waals surface area contributed by atoms with Crippen LogP contribution in [0.3, 0.4) is 0 Å². The number of carbonyl (C=O) groups is 1. The van der Waals surface area contributed by atoms with Gasteiger partial charge in [-0.05, 0) is 37.8 Å². The highest BCUT2D eigenvalue weighted by Crippen LogP contribution is 2.45. The minimum Gasteiger partial charge on any atom is -0.348 e. The number of aromatic nitrogens is 3. The Labute approximate surface area is 176 Å². The number of fused-ring (bicyclic) bond motifs is 3. The molecule has 3 aliphatic rings. The molecule has 1 aliphatic carbocycles. The Hall–Kier alpha value is -2.73. The molecule has 1 saturated carbocycles. The minimum absolute atomic E-state index is 0.236. The molecule has 4 heterocycles. The molecule has 1 aromatic carbocycles. The third-order valence-corrected chi connectivity index (χ3v) is 7.18. The molecule has 6 nitrogen and oxygen atoms in total. The van der Waals surface area contributed by atoms with Gasteiger partial charge in [-0.15, -0.1) is 0 Å². The van der Waals surface area contributed by atoms with Crippen LogP contribution in [0.1, 0.15) is 42.8 Å². The van der Waals surface area contributed by atoms with Crippen LogP contribution in [0.25, 0.3) is 10.9 Å². The van der Waals surface area contributed by atoms with Gasteiger partial charge in [0.05, 0.1) is 28.8 Å². The maximum absolute atomic E-state index is 13.1. The normalized spacial score (nSPS) is 21.1. The van der Waals surface area contributed by atoms with Crippen LogP contribution < -0.4 is 0 Å². The molecule has 154 valence electrons. The predicted molar refractivity (Wildman–Crippen MR) is 115 cm³/mol. The Bertz CT molecular complexity index is 1090. The van der Waals surface area contributed by atoms with Crippen molar-refractivity contribution in [1.29, 1.82) is 0 Å². The van der Waals surface area contributed by atoms with E-state index < -0.39 is 0 Å². The highest BCUT2D eigenvalue weighted by molar-refractivity contribution is 5.82. The predicted octanol–water partition coefficient (Wildman–Crippen LogP) is 3.24. The monoisotopic (exact) mass is 401 g/mol. The fourth-order valence-corrected chi connectivity index (χ4v) is 5.36. The van der Waals surface area contributed by atoms with Crippen LogP contribution in [-0.2, 0) is 23.3 Å². The Morgan fingerprint density at radius 2 is 1.93 bits per heavy atom. The summed E-state index contributed by atoms with van der Waals surface area (Å²) < 4.78 is 0. The Morgan fingerprint density at radius 3 is 2.77 bits per heavy atom. The molecular weight excluding hydrogens is 374 g/mol. The largest absolute Gasteiger partial charge is 0.348 e. The second kappa shape index (κ2) is 6.91. The number of amides is 1. The molecule has 6 heteroatoms. The van der Waals surface area contributed by atoms with E-state index in [9.17, 15) is 4.79 Å². The lowest BCUT2D eigenvalue weighted by atomic mass is 9.78. The van der Waals surface area contributed by atoms with Crippen LogP contribution in [-0.4, -0.2) is 50.3 Å². The standard InChI is InChI=1S/C24H27N5O/c30-23(18-5-6-18)29-12-9-21-22(26-16-25-21)24(29)10-13-28(14-11-24)15-19-8-7-17-3-1-2-4-20(17)27-19/h1-4,7-8,16,18H,5-6,9-15H2,(H,25,26). The Kier molecular flexibility index (Phi) is 4.16. The van der Waals surface area contributed by atoms with Gasteiger partial charge in [0.2, 0.25) is 5.91 Å². The number of pyridine rings is 1. The van der Waals surface area contributed by atoms with Crippen LogP contribution in [0.15, 0.2) is 42.7 Å². The zero-order valence-corrected chi connectivity index (χ0v) is 17.2. The molecule has 1 saturated heterocycles. The van der Waals surface area contributed by atoms with Gasteiger partial charge in [-0.1, -0.05) is 24.3 Å². The smallest absolute Gasteiger partial charge is 0.226 e. The lowest BCUT2D eigenvalue weighted by Gasteiger charge is -2.50. The van der Waals surface area contributed by atoms with Crippen molar-refractivity contribution in [2.45, 2.75) is 44.2 Å². The lowest BCUT2D eigenvalue weighted by Crippen LogP contribution is -2.58.